The van der Waals surface area contributed by atoms with Crippen LogP contribution in [0.25, 0.3) is 11.4 Å². The lowest BCUT2D eigenvalue weighted by Gasteiger charge is -2.05. The molecule has 1 aromatic heterocycles. The van der Waals surface area contributed by atoms with Gasteiger partial charge in [-0.2, -0.15) is 5.21 Å². The predicted molar refractivity (Wildman–Crippen MR) is 64.0 cm³/mol. The molecule has 0 bridgehead atoms. The second-order valence-corrected chi connectivity index (χ2v) is 5.32. The third-order valence-electron chi connectivity index (χ3n) is 2.20. The smallest absolute Gasteiger partial charge is 0.241 e. The van der Waals surface area contributed by atoms with Crippen molar-refractivity contribution in [3.63, 3.8) is 0 Å². The fourth-order valence-corrected chi connectivity index (χ4v) is 2.31. The van der Waals surface area contributed by atoms with Gasteiger partial charge < -0.3 is 5.73 Å². The van der Waals surface area contributed by atoms with Crippen molar-refractivity contribution in [2.24, 2.45) is 5.73 Å². The molecule has 4 N–H and O–H groups in total. The Morgan fingerprint density at radius 1 is 1.32 bits per heavy atom. The number of aromatic amines is 1. The van der Waals surface area contributed by atoms with Crippen molar-refractivity contribution in [1.29, 1.82) is 0 Å². The van der Waals surface area contributed by atoms with Gasteiger partial charge >= 0.3 is 0 Å². The number of sulfonamides is 1. The lowest BCUT2D eigenvalue weighted by Crippen LogP contribution is -2.33. The summed E-state index contributed by atoms with van der Waals surface area (Å²) < 4.78 is 25.6. The summed E-state index contributed by atoms with van der Waals surface area (Å²) >= 11 is 0. The minimum absolute atomic E-state index is 0.0148. The lowest BCUT2D eigenvalue weighted by molar-refractivity contribution is -0.116. The van der Waals surface area contributed by atoms with Gasteiger partial charge in [-0.3, -0.25) is 4.79 Å². The van der Waals surface area contributed by atoms with E-state index in [2.05, 4.69) is 25.3 Å². The Bertz CT molecular complexity index is 664. The van der Waals surface area contributed by atoms with Crippen LogP contribution in [0.2, 0.25) is 0 Å². The van der Waals surface area contributed by atoms with E-state index in [9.17, 15) is 13.2 Å². The number of carbonyl (C=O) groups excluding carboxylic acids is 1. The summed E-state index contributed by atoms with van der Waals surface area (Å²) in [6.07, 6.45) is 0. The molecule has 10 heteroatoms. The Morgan fingerprint density at radius 3 is 2.53 bits per heavy atom. The monoisotopic (exact) mass is 282 g/mol. The maximum atomic E-state index is 11.8. The molecule has 0 saturated carbocycles. The van der Waals surface area contributed by atoms with Crippen molar-refractivity contribution >= 4 is 15.9 Å². The molecular formula is C9H10N6O3S. The number of aromatic nitrogens is 4. The Morgan fingerprint density at radius 2 is 2.00 bits per heavy atom. The number of hydrogen-bond acceptors (Lipinski definition) is 6. The van der Waals surface area contributed by atoms with Gasteiger partial charge in [-0.25, -0.2) is 13.1 Å². The van der Waals surface area contributed by atoms with E-state index >= 15 is 0 Å². The van der Waals surface area contributed by atoms with Gasteiger partial charge in [-0.1, -0.05) is 0 Å². The number of H-pyrrole nitrogens is 1. The van der Waals surface area contributed by atoms with Crippen LogP contribution in [0.3, 0.4) is 0 Å². The van der Waals surface area contributed by atoms with Crippen molar-refractivity contribution in [2.75, 3.05) is 6.54 Å². The van der Waals surface area contributed by atoms with Crippen LogP contribution in [0.5, 0.6) is 0 Å². The average molecular weight is 282 g/mol. The highest BCUT2D eigenvalue weighted by molar-refractivity contribution is 7.89. The predicted octanol–water partition coefficient (Wildman–Crippen LogP) is -1.37. The molecule has 0 spiro atoms. The molecule has 0 radical (unpaired) electrons. The molecule has 19 heavy (non-hydrogen) atoms. The van der Waals surface area contributed by atoms with Gasteiger partial charge in [0, 0.05) is 5.56 Å². The molecule has 1 amide bonds. The van der Waals surface area contributed by atoms with Crippen molar-refractivity contribution < 1.29 is 13.2 Å². The van der Waals surface area contributed by atoms with Gasteiger partial charge in [0.05, 0.1) is 11.4 Å². The number of primary amides is 1. The number of amides is 1. The molecule has 0 fully saturated rings. The van der Waals surface area contributed by atoms with Crippen LogP contribution in [0.1, 0.15) is 0 Å². The van der Waals surface area contributed by atoms with Crippen LogP contribution in [-0.2, 0) is 14.8 Å². The zero-order chi connectivity index (χ0) is 13.9. The van der Waals surface area contributed by atoms with Crippen LogP contribution in [0, 0.1) is 0 Å². The van der Waals surface area contributed by atoms with Gasteiger partial charge in [-0.15, -0.1) is 10.2 Å². The Balaban J connectivity index is 2.20. The van der Waals surface area contributed by atoms with E-state index in [4.69, 9.17) is 5.73 Å². The van der Waals surface area contributed by atoms with Crippen LogP contribution in [0.4, 0.5) is 0 Å². The molecule has 0 atom stereocenters. The van der Waals surface area contributed by atoms with Gasteiger partial charge in [0.15, 0.2) is 0 Å². The highest BCUT2D eigenvalue weighted by Crippen LogP contribution is 2.16. The summed E-state index contributed by atoms with van der Waals surface area (Å²) in [5.41, 5.74) is 5.49. The normalized spacial score (nSPS) is 11.4. The Hall–Kier alpha value is -2.33. The molecule has 0 saturated heterocycles. The fourth-order valence-electron chi connectivity index (χ4n) is 1.32. The van der Waals surface area contributed by atoms with E-state index < -0.39 is 22.5 Å². The molecule has 1 heterocycles. The minimum Gasteiger partial charge on any atom is -0.369 e. The first-order valence-electron chi connectivity index (χ1n) is 5.11. The van der Waals surface area contributed by atoms with E-state index in [1.165, 1.54) is 24.3 Å². The number of nitrogens with two attached hydrogens (primary N) is 1. The second kappa shape index (κ2) is 5.12. The second-order valence-electron chi connectivity index (χ2n) is 3.55. The minimum atomic E-state index is -3.76. The third kappa shape index (κ3) is 3.11. The molecule has 0 aliphatic rings. The van der Waals surface area contributed by atoms with E-state index in [0.717, 1.165) is 0 Å². The highest BCUT2D eigenvalue weighted by Gasteiger charge is 2.15. The summed E-state index contributed by atoms with van der Waals surface area (Å²) in [5, 5.41) is 13.2. The van der Waals surface area contributed by atoms with Gasteiger partial charge in [0.25, 0.3) is 0 Å². The number of tetrazole rings is 1. The fraction of sp³-hybridized carbons (Fsp3) is 0.111. The number of hydrogen-bond donors (Lipinski definition) is 3. The molecule has 0 unspecified atom stereocenters. The van der Waals surface area contributed by atoms with Crippen molar-refractivity contribution in [2.45, 2.75) is 4.90 Å². The standard InChI is InChI=1S/C9H10N6O3S/c10-8(16)5-11-19(17,18)7-3-1-6(2-4-7)9-12-14-15-13-9/h1-4,11H,5H2,(H2,10,16)(H,12,13,14,15). The summed E-state index contributed by atoms with van der Waals surface area (Å²) in [6, 6.07) is 5.80. The quantitative estimate of drug-likeness (QED) is 0.617. The van der Waals surface area contributed by atoms with Crippen LogP contribution in [0.15, 0.2) is 29.2 Å². The molecule has 1 aromatic carbocycles. The first-order valence-corrected chi connectivity index (χ1v) is 6.59. The molecule has 2 aromatic rings. The number of carbonyl (C=O) groups is 1. The third-order valence-corrected chi connectivity index (χ3v) is 3.62. The Kier molecular flexibility index (Phi) is 3.53. The van der Waals surface area contributed by atoms with Crippen molar-refractivity contribution in [1.82, 2.24) is 25.3 Å². The van der Waals surface area contributed by atoms with Crippen LogP contribution < -0.4 is 10.5 Å². The number of rotatable bonds is 5. The van der Waals surface area contributed by atoms with E-state index in [0.29, 0.717) is 11.4 Å². The van der Waals surface area contributed by atoms with Gasteiger partial charge in [0.2, 0.25) is 21.8 Å². The molecule has 2 rings (SSSR count). The maximum Gasteiger partial charge on any atom is 0.241 e. The maximum absolute atomic E-state index is 11.8. The largest absolute Gasteiger partial charge is 0.369 e. The number of benzene rings is 1. The molecule has 0 aliphatic heterocycles. The number of nitrogens with one attached hydrogen (secondary N) is 2. The average Bonchev–Trinajstić information content (AvgIpc) is 2.91. The van der Waals surface area contributed by atoms with E-state index in [1.54, 1.807) is 0 Å². The summed E-state index contributed by atoms with van der Waals surface area (Å²) in [5.74, 6) is -0.402. The van der Waals surface area contributed by atoms with Gasteiger partial charge in [-0.05, 0) is 29.5 Å². The summed E-state index contributed by atoms with van der Waals surface area (Å²) in [7, 11) is -3.76. The Labute approximate surface area is 108 Å². The van der Waals surface area contributed by atoms with Gasteiger partial charge in [0.1, 0.15) is 0 Å². The highest BCUT2D eigenvalue weighted by atomic mass is 32.2. The molecular weight excluding hydrogens is 272 g/mol. The molecule has 100 valence electrons. The topological polar surface area (TPSA) is 144 Å². The zero-order valence-corrected chi connectivity index (χ0v) is 10.4. The summed E-state index contributed by atoms with van der Waals surface area (Å²) in [4.78, 5) is 10.6. The first kappa shape index (κ1) is 13.1. The van der Waals surface area contributed by atoms with E-state index in [-0.39, 0.29) is 4.90 Å². The first-order chi connectivity index (χ1) is 8.99. The van der Waals surface area contributed by atoms with Crippen LogP contribution in [-0.4, -0.2) is 41.5 Å². The molecule has 0 aliphatic carbocycles. The zero-order valence-electron chi connectivity index (χ0n) is 9.57. The summed E-state index contributed by atoms with van der Waals surface area (Å²) in [6.45, 7) is -0.449. The van der Waals surface area contributed by atoms with E-state index in [1.807, 2.05) is 0 Å². The lowest BCUT2D eigenvalue weighted by atomic mass is 10.2. The van der Waals surface area contributed by atoms with Crippen LogP contribution >= 0.6 is 0 Å². The number of nitrogens with zero attached hydrogens (tertiary/aromatic N) is 3. The van der Waals surface area contributed by atoms with Crippen molar-refractivity contribution in [3.05, 3.63) is 24.3 Å². The SMILES string of the molecule is NC(=O)CNS(=O)(=O)c1ccc(-c2nn[nH]n2)cc1. The van der Waals surface area contributed by atoms with Crippen molar-refractivity contribution in [3.8, 4) is 11.4 Å². The molecule has 9 nitrogen and oxygen atoms in total.